The molecule has 0 saturated heterocycles. The van der Waals surface area contributed by atoms with E-state index in [1.807, 2.05) is 12.1 Å². The molecule has 3 heterocycles. The number of fused-ring (bicyclic) bond motifs is 2. The summed E-state index contributed by atoms with van der Waals surface area (Å²) in [4.78, 5) is 21.4. The number of carbonyl (C=O) groups excluding carboxylic acids is 1. The molecule has 2 aromatic heterocycles. The molecule has 0 aliphatic carbocycles. The van der Waals surface area contributed by atoms with Crippen molar-refractivity contribution in [1.29, 1.82) is 0 Å². The van der Waals surface area contributed by atoms with Crippen molar-refractivity contribution in [2.45, 2.75) is 19.4 Å². The van der Waals surface area contributed by atoms with E-state index in [0.717, 1.165) is 42.8 Å². The van der Waals surface area contributed by atoms with E-state index in [1.54, 1.807) is 29.1 Å². The van der Waals surface area contributed by atoms with Gasteiger partial charge < -0.3 is 16.4 Å². The van der Waals surface area contributed by atoms with Crippen LogP contribution >= 0.6 is 0 Å². The van der Waals surface area contributed by atoms with Crippen LogP contribution in [0.1, 0.15) is 27.2 Å². The summed E-state index contributed by atoms with van der Waals surface area (Å²) in [6.07, 6.45) is 3.14. The molecular formula is C23H22FN7O. The van der Waals surface area contributed by atoms with Gasteiger partial charge in [-0.3, -0.25) is 4.79 Å². The van der Waals surface area contributed by atoms with Crippen molar-refractivity contribution in [1.82, 2.24) is 25.1 Å². The van der Waals surface area contributed by atoms with Gasteiger partial charge in [0, 0.05) is 30.5 Å². The SMILES string of the molecule is NC(=O)c1cccc2c1cnn2-c1nc2c(c(NCc3cccc(F)c3)n1)CCNCC2. The Morgan fingerprint density at radius 1 is 1.16 bits per heavy atom. The lowest BCUT2D eigenvalue weighted by Crippen LogP contribution is -2.16. The number of nitrogens with zero attached hydrogens (tertiary/aromatic N) is 4. The third-order valence-corrected chi connectivity index (χ3v) is 5.59. The normalized spacial score (nSPS) is 13.5. The fourth-order valence-electron chi connectivity index (χ4n) is 4.03. The largest absolute Gasteiger partial charge is 0.366 e. The van der Waals surface area contributed by atoms with Gasteiger partial charge in [-0.25, -0.2) is 9.37 Å². The van der Waals surface area contributed by atoms with Crippen LogP contribution in [-0.4, -0.2) is 38.7 Å². The van der Waals surface area contributed by atoms with Gasteiger partial charge in [-0.1, -0.05) is 18.2 Å². The molecule has 9 heteroatoms. The topological polar surface area (TPSA) is 111 Å². The van der Waals surface area contributed by atoms with Gasteiger partial charge in [-0.15, -0.1) is 0 Å². The van der Waals surface area contributed by atoms with E-state index < -0.39 is 5.91 Å². The first kappa shape index (κ1) is 20.1. The van der Waals surface area contributed by atoms with Crippen molar-refractivity contribution in [3.8, 4) is 5.95 Å². The minimum atomic E-state index is -0.512. The van der Waals surface area contributed by atoms with Gasteiger partial charge in [-0.05, 0) is 42.8 Å². The fourth-order valence-corrected chi connectivity index (χ4v) is 4.03. The van der Waals surface area contributed by atoms with Gasteiger partial charge in [0.15, 0.2) is 0 Å². The Morgan fingerprint density at radius 2 is 2.00 bits per heavy atom. The molecule has 0 unspecified atom stereocenters. The average Bonchev–Trinajstić information content (AvgIpc) is 3.08. The quantitative estimate of drug-likeness (QED) is 0.447. The third kappa shape index (κ3) is 3.78. The van der Waals surface area contributed by atoms with Crippen LogP contribution in [0, 0.1) is 5.82 Å². The second kappa shape index (κ2) is 8.35. The number of rotatable bonds is 5. The third-order valence-electron chi connectivity index (χ3n) is 5.59. The lowest BCUT2D eigenvalue weighted by Gasteiger charge is -2.15. The first-order valence-corrected chi connectivity index (χ1v) is 10.5. The number of hydrogen-bond acceptors (Lipinski definition) is 6. The van der Waals surface area contributed by atoms with Crippen molar-refractivity contribution < 1.29 is 9.18 Å². The zero-order valence-corrected chi connectivity index (χ0v) is 17.3. The second-order valence-electron chi connectivity index (χ2n) is 7.69. The Hall–Kier alpha value is -3.85. The molecule has 0 bridgehead atoms. The number of aromatic nitrogens is 4. The predicted molar refractivity (Wildman–Crippen MR) is 119 cm³/mol. The standard InChI is InChI=1S/C23H22FN7O/c24-15-4-1-3-14(11-15)12-27-22-17-7-9-26-10-8-19(17)29-23(30-22)31-20-6-2-5-16(21(25)32)18(20)13-28-31/h1-6,11,13,26H,7-10,12H2,(H2,25,32)(H,27,29,30). The molecule has 1 amide bonds. The molecule has 1 aliphatic heterocycles. The van der Waals surface area contributed by atoms with E-state index >= 15 is 0 Å². The summed E-state index contributed by atoms with van der Waals surface area (Å²) < 4.78 is 15.2. The van der Waals surface area contributed by atoms with Gasteiger partial charge in [0.1, 0.15) is 11.6 Å². The Balaban J connectivity index is 1.58. The van der Waals surface area contributed by atoms with E-state index in [0.29, 0.717) is 34.8 Å². The summed E-state index contributed by atoms with van der Waals surface area (Å²) in [7, 11) is 0. The summed E-state index contributed by atoms with van der Waals surface area (Å²) in [5.74, 6) is 0.321. The maximum absolute atomic E-state index is 13.6. The molecule has 162 valence electrons. The second-order valence-corrected chi connectivity index (χ2v) is 7.69. The monoisotopic (exact) mass is 431 g/mol. The van der Waals surface area contributed by atoms with Gasteiger partial charge in [-0.2, -0.15) is 14.8 Å². The van der Waals surface area contributed by atoms with E-state index in [9.17, 15) is 9.18 Å². The molecule has 4 aromatic rings. The molecule has 0 saturated carbocycles. The molecule has 5 rings (SSSR count). The molecule has 8 nitrogen and oxygen atoms in total. The summed E-state index contributed by atoms with van der Waals surface area (Å²) in [5.41, 5.74) is 9.42. The van der Waals surface area contributed by atoms with Crippen molar-refractivity contribution >= 4 is 22.6 Å². The number of halogens is 1. The smallest absolute Gasteiger partial charge is 0.253 e. The van der Waals surface area contributed by atoms with Crippen LogP contribution < -0.4 is 16.4 Å². The van der Waals surface area contributed by atoms with E-state index in [2.05, 4.69) is 15.7 Å². The number of benzene rings is 2. The minimum absolute atomic E-state index is 0.274. The molecule has 0 radical (unpaired) electrons. The van der Waals surface area contributed by atoms with Crippen LogP contribution in [-0.2, 0) is 19.4 Å². The van der Waals surface area contributed by atoms with Gasteiger partial charge in [0.05, 0.1) is 23.0 Å². The Bertz CT molecular complexity index is 1320. The van der Waals surface area contributed by atoms with E-state index in [1.165, 1.54) is 12.1 Å². The number of hydrogen-bond donors (Lipinski definition) is 3. The summed E-state index contributed by atoms with van der Waals surface area (Å²) in [6, 6.07) is 11.8. The zero-order valence-electron chi connectivity index (χ0n) is 17.3. The molecule has 0 fully saturated rings. The van der Waals surface area contributed by atoms with Crippen molar-refractivity contribution in [3.05, 3.63) is 76.9 Å². The van der Waals surface area contributed by atoms with E-state index in [4.69, 9.17) is 15.7 Å². The highest BCUT2D eigenvalue weighted by atomic mass is 19.1. The van der Waals surface area contributed by atoms with Gasteiger partial charge in [0.25, 0.3) is 5.95 Å². The summed E-state index contributed by atoms with van der Waals surface area (Å²) in [6.45, 7) is 2.08. The maximum Gasteiger partial charge on any atom is 0.253 e. The fraction of sp³-hybridized carbons (Fsp3) is 0.217. The zero-order chi connectivity index (χ0) is 22.1. The molecular weight excluding hydrogens is 409 g/mol. The summed E-state index contributed by atoms with van der Waals surface area (Å²) in [5, 5.41) is 11.8. The lowest BCUT2D eigenvalue weighted by atomic mass is 10.1. The van der Waals surface area contributed by atoms with Gasteiger partial charge >= 0.3 is 0 Å². The van der Waals surface area contributed by atoms with Crippen LogP contribution in [0.5, 0.6) is 0 Å². The molecule has 0 atom stereocenters. The average molecular weight is 431 g/mol. The van der Waals surface area contributed by atoms with Crippen molar-refractivity contribution in [3.63, 3.8) is 0 Å². The van der Waals surface area contributed by atoms with Crippen LogP contribution in [0.2, 0.25) is 0 Å². The first-order chi connectivity index (χ1) is 15.6. The first-order valence-electron chi connectivity index (χ1n) is 10.5. The van der Waals surface area contributed by atoms with Crippen LogP contribution in [0.15, 0.2) is 48.7 Å². The maximum atomic E-state index is 13.6. The number of anilines is 1. The number of nitrogens with two attached hydrogens (primary N) is 1. The van der Waals surface area contributed by atoms with Crippen molar-refractivity contribution in [2.75, 3.05) is 18.4 Å². The Labute approximate surface area is 183 Å². The number of primary amides is 1. The van der Waals surface area contributed by atoms with Crippen molar-refractivity contribution in [2.24, 2.45) is 5.73 Å². The van der Waals surface area contributed by atoms with E-state index in [-0.39, 0.29) is 5.82 Å². The summed E-state index contributed by atoms with van der Waals surface area (Å²) >= 11 is 0. The molecule has 2 aromatic carbocycles. The lowest BCUT2D eigenvalue weighted by molar-refractivity contribution is 0.100. The number of nitrogens with one attached hydrogen (secondary N) is 2. The molecule has 32 heavy (non-hydrogen) atoms. The van der Waals surface area contributed by atoms with Crippen LogP contribution in [0.3, 0.4) is 0 Å². The van der Waals surface area contributed by atoms with Crippen LogP contribution in [0.4, 0.5) is 10.2 Å². The minimum Gasteiger partial charge on any atom is -0.366 e. The van der Waals surface area contributed by atoms with Gasteiger partial charge in [0.2, 0.25) is 5.91 Å². The van der Waals surface area contributed by atoms with Crippen LogP contribution in [0.25, 0.3) is 16.9 Å². The number of amides is 1. The Morgan fingerprint density at radius 3 is 2.84 bits per heavy atom. The molecule has 0 spiro atoms. The highest BCUT2D eigenvalue weighted by Crippen LogP contribution is 2.25. The Kier molecular flexibility index (Phi) is 5.24. The molecule has 4 N–H and O–H groups in total. The highest BCUT2D eigenvalue weighted by molar-refractivity contribution is 6.05. The predicted octanol–water partition coefficient (Wildman–Crippen LogP) is 2.35. The molecule has 1 aliphatic rings. The number of carbonyl (C=O) groups is 1. The highest BCUT2D eigenvalue weighted by Gasteiger charge is 2.20.